The van der Waals surface area contributed by atoms with E-state index < -0.39 is 0 Å². The second-order valence-corrected chi connectivity index (χ2v) is 12.4. The van der Waals surface area contributed by atoms with Crippen molar-refractivity contribution in [3.05, 3.63) is 164 Å². The van der Waals surface area contributed by atoms with E-state index in [1.807, 2.05) is 17.4 Å². The second-order valence-electron chi connectivity index (χ2n) is 11.3. The van der Waals surface area contributed by atoms with Gasteiger partial charge < -0.3 is 9.32 Å². The average molecular weight is 594 g/mol. The van der Waals surface area contributed by atoms with Crippen LogP contribution in [0.25, 0.3) is 64.4 Å². The Morgan fingerprint density at radius 2 is 1.13 bits per heavy atom. The van der Waals surface area contributed by atoms with Crippen LogP contribution in [-0.4, -0.2) is 0 Å². The maximum absolute atomic E-state index is 6.82. The molecule has 3 heteroatoms. The largest absolute Gasteiger partial charge is 0.454 e. The molecule has 9 rings (SSSR count). The molecular weight excluding hydrogens is 567 g/mol. The topological polar surface area (TPSA) is 16.4 Å². The molecule has 0 radical (unpaired) electrons. The van der Waals surface area contributed by atoms with Crippen molar-refractivity contribution in [1.29, 1.82) is 0 Å². The molecular formula is C42H27NOS. The minimum absolute atomic E-state index is 0.876. The Balaban J connectivity index is 1.37. The minimum Gasteiger partial charge on any atom is -0.454 e. The summed E-state index contributed by atoms with van der Waals surface area (Å²) in [4.78, 5) is 2.39. The first-order valence-electron chi connectivity index (χ1n) is 15.2. The molecule has 45 heavy (non-hydrogen) atoms. The van der Waals surface area contributed by atoms with E-state index in [1.165, 1.54) is 36.9 Å². The summed E-state index contributed by atoms with van der Waals surface area (Å²) in [5, 5.41) is 4.79. The standard InChI is InChI=1S/C42H27NOS/c1-3-13-28(14-4-1)30-17-11-18-31(27-30)43(37-22-12-21-34-33-19-8-10-24-39(33)45-42(34)37)36-26-25-32(29-15-5-2-6-16-29)40-35-20-7-9-23-38(35)44-41(36)40/h1-27H. The molecule has 0 saturated heterocycles. The summed E-state index contributed by atoms with van der Waals surface area (Å²) in [6, 6.07) is 58.3. The first-order chi connectivity index (χ1) is 22.3. The molecule has 0 atom stereocenters. The number of hydrogen-bond donors (Lipinski definition) is 0. The van der Waals surface area contributed by atoms with Crippen LogP contribution >= 0.6 is 11.3 Å². The maximum Gasteiger partial charge on any atom is 0.160 e. The Morgan fingerprint density at radius 3 is 1.98 bits per heavy atom. The van der Waals surface area contributed by atoms with Crippen molar-refractivity contribution in [2.24, 2.45) is 0 Å². The van der Waals surface area contributed by atoms with E-state index in [-0.39, 0.29) is 0 Å². The third-order valence-electron chi connectivity index (χ3n) is 8.67. The quantitative estimate of drug-likeness (QED) is 0.197. The molecule has 0 bridgehead atoms. The van der Waals surface area contributed by atoms with E-state index in [4.69, 9.17) is 4.42 Å². The van der Waals surface area contributed by atoms with Crippen LogP contribution in [0.2, 0.25) is 0 Å². The Bertz CT molecular complexity index is 2490. The van der Waals surface area contributed by atoms with Crippen molar-refractivity contribution >= 4 is 70.5 Å². The number of para-hydroxylation sites is 1. The van der Waals surface area contributed by atoms with Gasteiger partial charge in [0.05, 0.1) is 16.1 Å². The molecule has 9 aromatic rings. The summed E-state index contributed by atoms with van der Waals surface area (Å²) in [7, 11) is 0. The van der Waals surface area contributed by atoms with Gasteiger partial charge in [0.25, 0.3) is 0 Å². The number of fused-ring (bicyclic) bond motifs is 6. The minimum atomic E-state index is 0.876. The van der Waals surface area contributed by atoms with Crippen LogP contribution in [0.15, 0.2) is 168 Å². The molecule has 212 valence electrons. The van der Waals surface area contributed by atoms with Crippen LogP contribution in [0.1, 0.15) is 0 Å². The molecule has 7 aromatic carbocycles. The highest BCUT2D eigenvalue weighted by Crippen LogP contribution is 2.49. The zero-order chi connectivity index (χ0) is 29.7. The molecule has 0 unspecified atom stereocenters. The third-order valence-corrected chi connectivity index (χ3v) is 9.88. The van der Waals surface area contributed by atoms with E-state index in [9.17, 15) is 0 Å². The fraction of sp³-hybridized carbons (Fsp3) is 0. The molecule has 0 aliphatic rings. The monoisotopic (exact) mass is 593 g/mol. The third kappa shape index (κ3) is 4.24. The Labute approximate surface area is 265 Å². The van der Waals surface area contributed by atoms with Crippen molar-refractivity contribution in [2.75, 3.05) is 4.90 Å². The van der Waals surface area contributed by atoms with Gasteiger partial charge in [0.2, 0.25) is 0 Å². The number of nitrogens with zero attached hydrogens (tertiary/aromatic N) is 1. The van der Waals surface area contributed by atoms with Crippen LogP contribution in [0.5, 0.6) is 0 Å². The summed E-state index contributed by atoms with van der Waals surface area (Å²) >= 11 is 1.84. The summed E-state index contributed by atoms with van der Waals surface area (Å²) in [6.07, 6.45) is 0. The number of furan rings is 1. The van der Waals surface area contributed by atoms with E-state index in [0.717, 1.165) is 44.6 Å². The van der Waals surface area contributed by atoms with Gasteiger partial charge in [-0.1, -0.05) is 127 Å². The van der Waals surface area contributed by atoms with E-state index in [2.05, 4.69) is 163 Å². The first kappa shape index (κ1) is 25.8. The number of rotatable bonds is 5. The maximum atomic E-state index is 6.82. The predicted octanol–water partition coefficient (Wildman–Crippen LogP) is 12.8. The number of benzene rings is 7. The van der Waals surface area contributed by atoms with Gasteiger partial charge in [-0.2, -0.15) is 0 Å². The van der Waals surface area contributed by atoms with Crippen molar-refractivity contribution in [3.8, 4) is 22.3 Å². The number of anilines is 3. The summed E-state index contributed by atoms with van der Waals surface area (Å²) in [5.41, 5.74) is 9.67. The van der Waals surface area contributed by atoms with Gasteiger partial charge in [-0.15, -0.1) is 11.3 Å². The number of hydrogen-bond acceptors (Lipinski definition) is 3. The first-order valence-corrected chi connectivity index (χ1v) is 16.0. The normalized spacial score (nSPS) is 11.6. The lowest BCUT2D eigenvalue weighted by molar-refractivity contribution is 0.669. The molecule has 2 heterocycles. The molecule has 0 saturated carbocycles. The van der Waals surface area contributed by atoms with E-state index in [1.54, 1.807) is 0 Å². The SMILES string of the molecule is c1ccc(-c2cccc(N(c3ccc(-c4ccccc4)c4c3oc3ccccc34)c3cccc4c3sc3ccccc34)c2)cc1. The zero-order valence-corrected chi connectivity index (χ0v) is 25.2. The van der Waals surface area contributed by atoms with Gasteiger partial charge in [0.1, 0.15) is 5.58 Å². The van der Waals surface area contributed by atoms with Crippen LogP contribution < -0.4 is 4.90 Å². The number of thiophene rings is 1. The highest BCUT2D eigenvalue weighted by Gasteiger charge is 2.24. The van der Waals surface area contributed by atoms with Gasteiger partial charge in [-0.3, -0.25) is 0 Å². The summed E-state index contributed by atoms with van der Waals surface area (Å²) in [5.74, 6) is 0. The molecule has 2 nitrogen and oxygen atoms in total. The van der Waals surface area contributed by atoms with Crippen LogP contribution in [0.4, 0.5) is 17.1 Å². The second kappa shape index (κ2) is 10.5. The average Bonchev–Trinajstić information content (AvgIpc) is 3.69. The highest BCUT2D eigenvalue weighted by molar-refractivity contribution is 7.26. The van der Waals surface area contributed by atoms with Crippen molar-refractivity contribution in [3.63, 3.8) is 0 Å². The van der Waals surface area contributed by atoms with Gasteiger partial charge in [-0.25, -0.2) is 0 Å². The van der Waals surface area contributed by atoms with Gasteiger partial charge in [0, 0.05) is 31.9 Å². The van der Waals surface area contributed by atoms with Gasteiger partial charge in [-0.05, 0) is 58.7 Å². The summed E-state index contributed by atoms with van der Waals surface area (Å²) < 4.78 is 9.35. The Hall–Kier alpha value is -5.64. The lowest BCUT2D eigenvalue weighted by atomic mass is 9.98. The summed E-state index contributed by atoms with van der Waals surface area (Å²) in [6.45, 7) is 0. The highest BCUT2D eigenvalue weighted by atomic mass is 32.1. The molecule has 0 fully saturated rings. The van der Waals surface area contributed by atoms with Crippen molar-refractivity contribution in [1.82, 2.24) is 0 Å². The van der Waals surface area contributed by atoms with Crippen molar-refractivity contribution < 1.29 is 4.42 Å². The molecule has 0 aliphatic heterocycles. The molecule has 0 spiro atoms. The Kier molecular flexibility index (Phi) is 6.03. The van der Waals surface area contributed by atoms with Crippen LogP contribution in [-0.2, 0) is 0 Å². The van der Waals surface area contributed by atoms with Crippen LogP contribution in [0, 0.1) is 0 Å². The fourth-order valence-electron chi connectivity index (χ4n) is 6.62. The Morgan fingerprint density at radius 1 is 0.467 bits per heavy atom. The lowest BCUT2D eigenvalue weighted by Crippen LogP contribution is -2.10. The fourth-order valence-corrected chi connectivity index (χ4v) is 7.83. The van der Waals surface area contributed by atoms with E-state index >= 15 is 0 Å². The zero-order valence-electron chi connectivity index (χ0n) is 24.4. The molecule has 2 aromatic heterocycles. The van der Waals surface area contributed by atoms with E-state index in [0.29, 0.717) is 0 Å². The molecule has 0 aliphatic carbocycles. The van der Waals surface area contributed by atoms with Gasteiger partial charge in [0.15, 0.2) is 5.58 Å². The van der Waals surface area contributed by atoms with Gasteiger partial charge >= 0.3 is 0 Å². The molecule has 0 N–H and O–H groups in total. The predicted molar refractivity (Wildman–Crippen MR) is 192 cm³/mol. The smallest absolute Gasteiger partial charge is 0.160 e. The van der Waals surface area contributed by atoms with Crippen molar-refractivity contribution in [2.45, 2.75) is 0 Å². The lowest BCUT2D eigenvalue weighted by Gasteiger charge is -2.27. The molecule has 0 amide bonds. The van der Waals surface area contributed by atoms with Crippen LogP contribution in [0.3, 0.4) is 0 Å².